The molecule has 2 atom stereocenters. The van der Waals surface area contributed by atoms with Crippen LogP contribution in [0.1, 0.15) is 38.3 Å². The van der Waals surface area contributed by atoms with Crippen molar-refractivity contribution in [3.63, 3.8) is 0 Å². The highest BCUT2D eigenvalue weighted by atomic mass is 35.5. The number of carbonyl (C=O) groups excluding carboxylic acids is 1. The van der Waals surface area contributed by atoms with E-state index in [1.807, 2.05) is 29.2 Å². The number of rotatable bonds is 6. The van der Waals surface area contributed by atoms with Gasteiger partial charge in [-0.1, -0.05) is 19.1 Å². The minimum atomic E-state index is 0.0935. The molecule has 1 amide bonds. The second-order valence-electron chi connectivity index (χ2n) is 5.36. The molecule has 0 aliphatic carbocycles. The van der Waals surface area contributed by atoms with Crippen LogP contribution in [0.3, 0.4) is 0 Å². The van der Waals surface area contributed by atoms with Crippen molar-refractivity contribution in [3.8, 4) is 5.75 Å². The highest BCUT2D eigenvalue weighted by Gasteiger charge is 2.32. The molecule has 0 bridgehead atoms. The Labute approximate surface area is 125 Å². The van der Waals surface area contributed by atoms with Crippen LogP contribution in [0.4, 0.5) is 0 Å². The Hall–Kier alpha value is -1.22. The fraction of sp³-hybridized carbons (Fsp3) is 0.562. The summed E-state index contributed by atoms with van der Waals surface area (Å²) in [6.45, 7) is 5.65. The maximum atomic E-state index is 12.0. The topological polar surface area (TPSA) is 29.5 Å². The summed E-state index contributed by atoms with van der Waals surface area (Å²) in [6.07, 6.45) is 1.58. The molecular formula is C16H22ClNO2. The van der Waals surface area contributed by atoms with E-state index in [0.717, 1.165) is 30.9 Å². The lowest BCUT2D eigenvalue weighted by Gasteiger charge is -2.25. The average Bonchev–Trinajstić information content (AvgIpc) is 2.86. The van der Waals surface area contributed by atoms with E-state index in [0.29, 0.717) is 18.2 Å². The maximum Gasteiger partial charge on any atom is 0.223 e. The smallest absolute Gasteiger partial charge is 0.223 e. The first-order valence-corrected chi connectivity index (χ1v) is 7.77. The van der Waals surface area contributed by atoms with Gasteiger partial charge in [0.05, 0.1) is 12.6 Å². The molecule has 110 valence electrons. The zero-order chi connectivity index (χ0) is 14.5. The monoisotopic (exact) mass is 295 g/mol. The summed E-state index contributed by atoms with van der Waals surface area (Å²) in [6, 6.07) is 8.12. The number of nitrogens with zero attached hydrogens (tertiary/aromatic N) is 1. The molecule has 4 heteroatoms. The number of hydrogen-bond acceptors (Lipinski definition) is 2. The van der Waals surface area contributed by atoms with Gasteiger partial charge in [0.2, 0.25) is 5.91 Å². The van der Waals surface area contributed by atoms with Gasteiger partial charge in [-0.25, -0.2) is 0 Å². The van der Waals surface area contributed by atoms with Crippen molar-refractivity contribution in [2.45, 2.75) is 32.7 Å². The lowest BCUT2D eigenvalue weighted by atomic mass is 10.1. The third-order valence-electron chi connectivity index (χ3n) is 3.76. The molecule has 0 N–H and O–H groups in total. The van der Waals surface area contributed by atoms with Gasteiger partial charge in [0, 0.05) is 18.8 Å². The third-order valence-corrected chi connectivity index (χ3v) is 4.20. The van der Waals surface area contributed by atoms with E-state index in [1.54, 1.807) is 0 Å². The fourth-order valence-electron chi connectivity index (χ4n) is 2.53. The Morgan fingerprint density at radius 2 is 2.10 bits per heavy atom. The minimum Gasteiger partial charge on any atom is -0.494 e. The summed E-state index contributed by atoms with van der Waals surface area (Å²) in [5, 5.41) is 0. The predicted molar refractivity (Wildman–Crippen MR) is 81.2 cm³/mol. The molecule has 2 unspecified atom stereocenters. The van der Waals surface area contributed by atoms with E-state index in [-0.39, 0.29) is 11.9 Å². The zero-order valence-electron chi connectivity index (χ0n) is 12.1. The van der Waals surface area contributed by atoms with E-state index in [1.165, 1.54) is 0 Å². The average molecular weight is 296 g/mol. The van der Waals surface area contributed by atoms with Crippen LogP contribution in [-0.4, -0.2) is 29.8 Å². The van der Waals surface area contributed by atoms with Gasteiger partial charge in [-0.3, -0.25) is 4.79 Å². The van der Waals surface area contributed by atoms with E-state index in [9.17, 15) is 4.79 Å². The molecule has 0 radical (unpaired) electrons. The molecule has 1 heterocycles. The van der Waals surface area contributed by atoms with Gasteiger partial charge < -0.3 is 9.64 Å². The number of benzene rings is 1. The second-order valence-corrected chi connectivity index (χ2v) is 5.67. The van der Waals surface area contributed by atoms with Crippen LogP contribution in [0.2, 0.25) is 0 Å². The molecule has 1 saturated heterocycles. The molecule has 1 aliphatic rings. The first-order valence-electron chi connectivity index (χ1n) is 7.24. The summed E-state index contributed by atoms with van der Waals surface area (Å²) in [4.78, 5) is 13.9. The number of carbonyl (C=O) groups is 1. The zero-order valence-corrected chi connectivity index (χ0v) is 12.9. The first kappa shape index (κ1) is 15.2. The first-order chi connectivity index (χ1) is 9.65. The number of alkyl halides is 1. The summed E-state index contributed by atoms with van der Waals surface area (Å²) >= 11 is 5.86. The Balaban J connectivity index is 2.02. The van der Waals surface area contributed by atoms with Crippen molar-refractivity contribution < 1.29 is 9.53 Å². The van der Waals surface area contributed by atoms with Gasteiger partial charge in [-0.2, -0.15) is 0 Å². The van der Waals surface area contributed by atoms with Gasteiger partial charge in [0.25, 0.3) is 0 Å². The van der Waals surface area contributed by atoms with Crippen LogP contribution in [-0.2, 0) is 4.79 Å². The number of hydrogen-bond donors (Lipinski definition) is 0. The SMILES string of the molecule is CCCOc1ccc(C(C)N2CC(CCl)CC2=O)cc1. The maximum absolute atomic E-state index is 12.0. The van der Waals surface area contributed by atoms with Crippen molar-refractivity contribution in [2.75, 3.05) is 19.0 Å². The molecule has 0 spiro atoms. The molecule has 2 rings (SSSR count). The molecule has 0 aromatic heterocycles. The van der Waals surface area contributed by atoms with Gasteiger partial charge in [0.15, 0.2) is 0 Å². The van der Waals surface area contributed by atoms with E-state index in [4.69, 9.17) is 16.3 Å². The summed E-state index contributed by atoms with van der Waals surface area (Å²) in [5.41, 5.74) is 1.14. The van der Waals surface area contributed by atoms with Gasteiger partial charge in [-0.15, -0.1) is 11.6 Å². The van der Waals surface area contributed by atoms with E-state index < -0.39 is 0 Å². The number of ether oxygens (including phenoxy) is 1. The van der Waals surface area contributed by atoms with Crippen LogP contribution >= 0.6 is 11.6 Å². The predicted octanol–water partition coefficient (Wildman–Crippen LogP) is 3.62. The highest BCUT2D eigenvalue weighted by molar-refractivity contribution is 6.18. The Bertz CT molecular complexity index is 446. The van der Waals surface area contributed by atoms with Crippen LogP contribution in [0.15, 0.2) is 24.3 Å². The normalized spacial score (nSPS) is 20.2. The lowest BCUT2D eigenvalue weighted by Crippen LogP contribution is -2.28. The van der Waals surface area contributed by atoms with Crippen molar-refractivity contribution >= 4 is 17.5 Å². The molecule has 1 aliphatic heterocycles. The van der Waals surface area contributed by atoms with Gasteiger partial charge >= 0.3 is 0 Å². The summed E-state index contributed by atoms with van der Waals surface area (Å²) in [7, 11) is 0. The number of halogens is 1. The summed E-state index contributed by atoms with van der Waals surface area (Å²) < 4.78 is 5.57. The van der Waals surface area contributed by atoms with Crippen molar-refractivity contribution in [1.82, 2.24) is 4.90 Å². The van der Waals surface area contributed by atoms with Gasteiger partial charge in [0.1, 0.15) is 5.75 Å². The highest BCUT2D eigenvalue weighted by Crippen LogP contribution is 2.29. The number of amides is 1. The van der Waals surface area contributed by atoms with E-state index in [2.05, 4.69) is 13.8 Å². The Morgan fingerprint density at radius 1 is 1.40 bits per heavy atom. The second kappa shape index (κ2) is 6.98. The van der Waals surface area contributed by atoms with Crippen LogP contribution in [0, 0.1) is 5.92 Å². The third kappa shape index (κ3) is 3.45. The Kier molecular flexibility index (Phi) is 5.30. The molecule has 20 heavy (non-hydrogen) atoms. The van der Waals surface area contributed by atoms with Crippen molar-refractivity contribution in [2.24, 2.45) is 5.92 Å². The molecule has 1 aromatic carbocycles. The van der Waals surface area contributed by atoms with E-state index >= 15 is 0 Å². The fourth-order valence-corrected chi connectivity index (χ4v) is 2.74. The van der Waals surface area contributed by atoms with Crippen molar-refractivity contribution in [1.29, 1.82) is 0 Å². The van der Waals surface area contributed by atoms with Crippen LogP contribution in [0.5, 0.6) is 5.75 Å². The molecule has 1 fully saturated rings. The number of likely N-dealkylation sites (tertiary alicyclic amines) is 1. The molecule has 0 saturated carbocycles. The largest absolute Gasteiger partial charge is 0.494 e. The van der Waals surface area contributed by atoms with Crippen LogP contribution in [0.25, 0.3) is 0 Å². The summed E-state index contributed by atoms with van der Waals surface area (Å²) in [5.74, 6) is 1.93. The molecular weight excluding hydrogens is 274 g/mol. The Morgan fingerprint density at radius 3 is 2.65 bits per heavy atom. The molecule has 1 aromatic rings. The molecule has 3 nitrogen and oxygen atoms in total. The van der Waals surface area contributed by atoms with Gasteiger partial charge in [-0.05, 0) is 37.0 Å². The standard InChI is InChI=1S/C16H22ClNO2/c1-3-8-20-15-6-4-14(5-7-15)12(2)18-11-13(10-17)9-16(18)19/h4-7,12-13H,3,8-11H2,1-2H3. The van der Waals surface area contributed by atoms with Crippen molar-refractivity contribution in [3.05, 3.63) is 29.8 Å². The van der Waals surface area contributed by atoms with Crippen LogP contribution < -0.4 is 4.74 Å². The lowest BCUT2D eigenvalue weighted by molar-refractivity contribution is -0.129. The quantitative estimate of drug-likeness (QED) is 0.750. The minimum absolute atomic E-state index is 0.0935.